The van der Waals surface area contributed by atoms with Gasteiger partial charge in [-0.15, -0.1) is 0 Å². The Morgan fingerprint density at radius 3 is 2.75 bits per heavy atom. The van der Waals surface area contributed by atoms with Gasteiger partial charge in [0.05, 0.1) is 17.4 Å². The van der Waals surface area contributed by atoms with Crippen molar-refractivity contribution in [3.05, 3.63) is 53.4 Å². The lowest BCUT2D eigenvalue weighted by molar-refractivity contribution is -0.137. The van der Waals surface area contributed by atoms with Gasteiger partial charge in [-0.3, -0.25) is 0 Å². The molecule has 1 heterocycles. The van der Waals surface area contributed by atoms with Crippen molar-refractivity contribution in [2.24, 2.45) is 0 Å². The number of aliphatic hydroxyl groups is 1. The molecule has 0 amide bonds. The first-order chi connectivity index (χ1) is 9.47. The minimum atomic E-state index is -4.41. The van der Waals surface area contributed by atoms with E-state index in [1.165, 1.54) is 18.4 Å². The zero-order chi connectivity index (χ0) is 14.6. The van der Waals surface area contributed by atoms with Crippen molar-refractivity contribution in [3.8, 4) is 0 Å². The van der Waals surface area contributed by atoms with Crippen molar-refractivity contribution in [2.45, 2.75) is 18.8 Å². The highest BCUT2D eigenvalue weighted by molar-refractivity contribution is 5.27. The van der Waals surface area contributed by atoms with Gasteiger partial charge in [0.25, 0.3) is 0 Å². The van der Waals surface area contributed by atoms with Crippen LogP contribution in [0, 0.1) is 0 Å². The summed E-state index contributed by atoms with van der Waals surface area (Å²) in [7, 11) is 0. The minimum absolute atomic E-state index is 0.119. The summed E-state index contributed by atoms with van der Waals surface area (Å²) >= 11 is 0. The third-order valence-corrected chi connectivity index (χ3v) is 2.73. The number of halogens is 3. The average Bonchev–Trinajstić information content (AvgIpc) is 2.91. The zero-order valence-electron chi connectivity index (χ0n) is 10.4. The van der Waals surface area contributed by atoms with E-state index in [1.54, 1.807) is 6.07 Å². The van der Waals surface area contributed by atoms with Crippen LogP contribution in [-0.2, 0) is 12.7 Å². The summed E-state index contributed by atoms with van der Waals surface area (Å²) < 4.78 is 42.3. The lowest BCUT2D eigenvalue weighted by Gasteiger charge is -2.14. The van der Waals surface area contributed by atoms with E-state index in [4.69, 9.17) is 0 Å². The highest BCUT2D eigenvalue weighted by Gasteiger charge is 2.30. The average molecular weight is 286 g/mol. The second kappa shape index (κ2) is 6.06. The first-order valence-corrected chi connectivity index (χ1v) is 5.92. The Balaban J connectivity index is 1.93. The summed E-state index contributed by atoms with van der Waals surface area (Å²) in [6.45, 7) is 0.487. The fourth-order valence-corrected chi connectivity index (χ4v) is 1.71. The molecule has 0 bridgehead atoms. The van der Waals surface area contributed by atoms with Crippen LogP contribution in [0.5, 0.6) is 0 Å². The molecule has 0 aliphatic heterocycles. The van der Waals surface area contributed by atoms with E-state index in [1.807, 2.05) is 0 Å². The van der Waals surface area contributed by atoms with Crippen molar-refractivity contribution in [1.82, 2.24) is 10.5 Å². The lowest BCUT2D eigenvalue weighted by Crippen LogP contribution is -2.21. The Bertz CT molecular complexity index is 541. The number of hydrogen-bond donors (Lipinski definition) is 2. The standard InChI is InChI=1S/C13H13F3N2O2/c14-13(15,16)10-3-1-2-9(6-10)12(19)8-17-7-11-4-5-20-18-11/h1-6,12,17,19H,7-8H2. The van der Waals surface area contributed by atoms with Crippen LogP contribution in [0.25, 0.3) is 0 Å². The van der Waals surface area contributed by atoms with Gasteiger partial charge in [0.1, 0.15) is 6.26 Å². The number of nitrogens with one attached hydrogen (secondary N) is 1. The molecule has 0 aliphatic carbocycles. The van der Waals surface area contributed by atoms with Crippen LogP contribution in [0.3, 0.4) is 0 Å². The fourth-order valence-electron chi connectivity index (χ4n) is 1.71. The lowest BCUT2D eigenvalue weighted by atomic mass is 10.1. The van der Waals surface area contributed by atoms with Gasteiger partial charge in [0.15, 0.2) is 0 Å². The molecular formula is C13H13F3N2O2. The van der Waals surface area contributed by atoms with Crippen molar-refractivity contribution in [2.75, 3.05) is 6.54 Å². The molecule has 1 aromatic heterocycles. The van der Waals surface area contributed by atoms with Gasteiger partial charge in [-0.1, -0.05) is 17.3 Å². The Labute approximate surface area is 113 Å². The van der Waals surface area contributed by atoms with E-state index in [-0.39, 0.29) is 12.1 Å². The number of nitrogens with zero attached hydrogens (tertiary/aromatic N) is 1. The number of hydrogen-bond acceptors (Lipinski definition) is 4. The summed E-state index contributed by atoms with van der Waals surface area (Å²) in [4.78, 5) is 0. The van der Waals surface area contributed by atoms with E-state index in [9.17, 15) is 18.3 Å². The molecule has 0 spiro atoms. The Morgan fingerprint density at radius 1 is 1.30 bits per heavy atom. The quantitative estimate of drug-likeness (QED) is 0.886. The molecule has 0 aliphatic rings. The molecule has 2 N–H and O–H groups in total. The molecule has 4 nitrogen and oxygen atoms in total. The molecule has 0 radical (unpaired) electrons. The van der Waals surface area contributed by atoms with Gasteiger partial charge < -0.3 is 14.9 Å². The number of benzene rings is 1. The number of rotatable bonds is 5. The van der Waals surface area contributed by atoms with Gasteiger partial charge >= 0.3 is 6.18 Å². The Kier molecular flexibility index (Phi) is 4.41. The van der Waals surface area contributed by atoms with Crippen LogP contribution in [0.1, 0.15) is 22.9 Å². The van der Waals surface area contributed by atoms with E-state index in [0.29, 0.717) is 12.2 Å². The summed E-state index contributed by atoms with van der Waals surface area (Å²) in [6, 6.07) is 6.31. The maximum absolute atomic E-state index is 12.6. The summed E-state index contributed by atoms with van der Waals surface area (Å²) in [5.41, 5.74) is 0.0965. The minimum Gasteiger partial charge on any atom is -0.387 e. The predicted octanol–water partition coefficient (Wildman–Crippen LogP) is 2.52. The normalized spacial score (nSPS) is 13.4. The predicted molar refractivity (Wildman–Crippen MR) is 64.6 cm³/mol. The maximum atomic E-state index is 12.6. The molecule has 7 heteroatoms. The molecule has 1 unspecified atom stereocenters. The third kappa shape index (κ3) is 3.82. The van der Waals surface area contributed by atoms with Crippen molar-refractivity contribution >= 4 is 0 Å². The Morgan fingerprint density at radius 2 is 2.10 bits per heavy atom. The highest BCUT2D eigenvalue weighted by Crippen LogP contribution is 2.30. The van der Waals surface area contributed by atoms with Gasteiger partial charge in [-0.25, -0.2) is 0 Å². The van der Waals surface area contributed by atoms with E-state index >= 15 is 0 Å². The highest BCUT2D eigenvalue weighted by atomic mass is 19.4. The van der Waals surface area contributed by atoms with Crippen LogP contribution in [-0.4, -0.2) is 16.8 Å². The van der Waals surface area contributed by atoms with E-state index in [2.05, 4.69) is 15.0 Å². The molecule has 0 saturated heterocycles. The second-order valence-electron chi connectivity index (χ2n) is 4.26. The maximum Gasteiger partial charge on any atom is 0.416 e. The molecule has 108 valence electrons. The zero-order valence-corrected chi connectivity index (χ0v) is 10.4. The topological polar surface area (TPSA) is 58.3 Å². The summed E-state index contributed by atoms with van der Waals surface area (Å²) in [6.07, 6.45) is -4.02. The number of alkyl halides is 3. The van der Waals surface area contributed by atoms with Gasteiger partial charge in [0, 0.05) is 19.2 Å². The first-order valence-electron chi connectivity index (χ1n) is 5.92. The molecular weight excluding hydrogens is 273 g/mol. The molecule has 0 fully saturated rings. The van der Waals surface area contributed by atoms with Crippen LogP contribution in [0.4, 0.5) is 13.2 Å². The largest absolute Gasteiger partial charge is 0.416 e. The third-order valence-electron chi connectivity index (χ3n) is 2.73. The molecule has 2 aromatic rings. The SMILES string of the molecule is OC(CNCc1ccon1)c1cccc(C(F)(F)F)c1. The van der Waals surface area contributed by atoms with Crippen LogP contribution in [0.15, 0.2) is 41.1 Å². The van der Waals surface area contributed by atoms with Gasteiger partial charge in [-0.2, -0.15) is 13.2 Å². The van der Waals surface area contributed by atoms with E-state index in [0.717, 1.165) is 12.1 Å². The fraction of sp³-hybridized carbons (Fsp3) is 0.308. The van der Waals surface area contributed by atoms with Crippen molar-refractivity contribution in [1.29, 1.82) is 0 Å². The van der Waals surface area contributed by atoms with Crippen LogP contribution in [0.2, 0.25) is 0 Å². The smallest absolute Gasteiger partial charge is 0.387 e. The van der Waals surface area contributed by atoms with Gasteiger partial charge in [-0.05, 0) is 17.7 Å². The summed E-state index contributed by atoms with van der Waals surface area (Å²) in [5.74, 6) is 0. The van der Waals surface area contributed by atoms with Crippen LogP contribution >= 0.6 is 0 Å². The molecule has 2 rings (SSSR count). The van der Waals surface area contributed by atoms with Crippen LogP contribution < -0.4 is 5.32 Å². The summed E-state index contributed by atoms with van der Waals surface area (Å²) in [5, 5.41) is 16.4. The second-order valence-corrected chi connectivity index (χ2v) is 4.26. The molecule has 1 atom stereocenters. The Hall–Kier alpha value is -1.86. The van der Waals surface area contributed by atoms with Gasteiger partial charge in [0.2, 0.25) is 0 Å². The molecule has 20 heavy (non-hydrogen) atoms. The number of aromatic nitrogens is 1. The molecule has 0 saturated carbocycles. The van der Waals surface area contributed by atoms with E-state index < -0.39 is 17.8 Å². The molecule has 1 aromatic carbocycles. The first kappa shape index (κ1) is 14.5. The number of aliphatic hydroxyl groups excluding tert-OH is 1. The van der Waals surface area contributed by atoms with Crippen molar-refractivity contribution < 1.29 is 22.8 Å². The van der Waals surface area contributed by atoms with Crippen molar-refractivity contribution in [3.63, 3.8) is 0 Å². The monoisotopic (exact) mass is 286 g/mol.